The zero-order valence-electron chi connectivity index (χ0n) is 13.3. The van der Waals surface area contributed by atoms with Crippen LogP contribution in [0.25, 0.3) is 0 Å². The maximum atomic E-state index is 11.5. The van der Waals surface area contributed by atoms with Crippen LogP contribution in [0.15, 0.2) is 35.4 Å². The molecule has 0 amide bonds. The second-order valence-corrected chi connectivity index (χ2v) is 7.98. The second-order valence-electron chi connectivity index (χ2n) is 5.96. The summed E-state index contributed by atoms with van der Waals surface area (Å²) in [4.78, 5) is 10.2. The van der Waals surface area contributed by atoms with E-state index in [0.717, 1.165) is 36.7 Å². The summed E-state index contributed by atoms with van der Waals surface area (Å²) >= 11 is 0. The number of H-pyrrole nitrogens is 1. The van der Waals surface area contributed by atoms with Crippen molar-refractivity contribution in [1.82, 2.24) is 14.9 Å². The molecule has 1 atom stereocenters. The van der Waals surface area contributed by atoms with Gasteiger partial charge in [0.25, 0.3) is 0 Å². The molecule has 2 aromatic rings. The molecule has 0 unspecified atom stereocenters. The normalized spacial score (nSPS) is 19.8. The highest BCUT2D eigenvalue weighted by Gasteiger charge is 2.24. The number of rotatable bonds is 4. The Morgan fingerprint density at radius 2 is 2.09 bits per heavy atom. The molecule has 1 saturated heterocycles. The monoisotopic (exact) mass is 335 g/mol. The van der Waals surface area contributed by atoms with Gasteiger partial charge in [0.1, 0.15) is 11.9 Å². The van der Waals surface area contributed by atoms with E-state index < -0.39 is 9.84 Å². The molecular formula is C16H21N3O3S. The van der Waals surface area contributed by atoms with Gasteiger partial charge in [-0.25, -0.2) is 13.4 Å². The fraction of sp³-hybridized carbons (Fsp3) is 0.438. The summed E-state index contributed by atoms with van der Waals surface area (Å²) in [5.41, 5.74) is 2.12. The van der Waals surface area contributed by atoms with Crippen LogP contribution in [-0.4, -0.2) is 49.2 Å². The fourth-order valence-electron chi connectivity index (χ4n) is 2.71. The van der Waals surface area contributed by atoms with Gasteiger partial charge in [-0.3, -0.25) is 4.90 Å². The van der Waals surface area contributed by atoms with Crippen molar-refractivity contribution in [2.75, 3.05) is 26.0 Å². The van der Waals surface area contributed by atoms with Crippen molar-refractivity contribution in [3.05, 3.63) is 47.5 Å². The average molecular weight is 335 g/mol. The van der Waals surface area contributed by atoms with Crippen LogP contribution in [0.4, 0.5) is 0 Å². The molecule has 0 bridgehead atoms. The van der Waals surface area contributed by atoms with Gasteiger partial charge in [-0.05, 0) is 24.6 Å². The highest BCUT2D eigenvalue weighted by Crippen LogP contribution is 2.21. The first-order chi connectivity index (χ1) is 10.9. The van der Waals surface area contributed by atoms with E-state index in [0.29, 0.717) is 11.5 Å². The van der Waals surface area contributed by atoms with E-state index in [1.807, 2.05) is 25.3 Å². The highest BCUT2D eigenvalue weighted by molar-refractivity contribution is 7.90. The molecule has 7 heteroatoms. The van der Waals surface area contributed by atoms with E-state index in [2.05, 4.69) is 14.9 Å². The third kappa shape index (κ3) is 3.99. The van der Waals surface area contributed by atoms with E-state index in [-0.39, 0.29) is 6.10 Å². The molecule has 1 aliphatic rings. The minimum Gasteiger partial charge on any atom is -0.368 e. The zero-order valence-corrected chi connectivity index (χ0v) is 14.1. The van der Waals surface area contributed by atoms with Crippen LogP contribution in [0.2, 0.25) is 0 Å². The van der Waals surface area contributed by atoms with Crippen molar-refractivity contribution >= 4 is 9.84 Å². The summed E-state index contributed by atoms with van der Waals surface area (Å²) in [5, 5.41) is 0. The Bertz CT molecular complexity index is 768. The number of imidazole rings is 1. The van der Waals surface area contributed by atoms with Crippen molar-refractivity contribution < 1.29 is 13.2 Å². The summed E-state index contributed by atoms with van der Waals surface area (Å²) in [7, 11) is -3.14. The zero-order chi connectivity index (χ0) is 16.4. The first kappa shape index (κ1) is 16.2. The number of hydrogen-bond donors (Lipinski definition) is 1. The summed E-state index contributed by atoms with van der Waals surface area (Å²) in [6, 6.07) is 7.08. The number of ether oxygens (including phenoxy) is 1. The summed E-state index contributed by atoms with van der Waals surface area (Å²) in [5.74, 6) is 0.861. The Morgan fingerprint density at radius 1 is 1.35 bits per heavy atom. The summed E-state index contributed by atoms with van der Waals surface area (Å²) < 4.78 is 28.8. The summed E-state index contributed by atoms with van der Waals surface area (Å²) in [6.45, 7) is 5.01. The van der Waals surface area contributed by atoms with Gasteiger partial charge >= 0.3 is 0 Å². The number of benzene rings is 1. The lowest BCUT2D eigenvalue weighted by Gasteiger charge is -2.32. The van der Waals surface area contributed by atoms with Crippen LogP contribution in [0.1, 0.15) is 23.2 Å². The van der Waals surface area contributed by atoms with Crippen molar-refractivity contribution in [1.29, 1.82) is 0 Å². The largest absolute Gasteiger partial charge is 0.368 e. The number of morpholine rings is 1. The Labute approximate surface area is 136 Å². The molecule has 1 aromatic heterocycles. The van der Waals surface area contributed by atoms with Crippen LogP contribution in [0, 0.1) is 6.92 Å². The number of aromatic amines is 1. The number of sulfone groups is 1. The Morgan fingerprint density at radius 3 is 2.70 bits per heavy atom. The van der Waals surface area contributed by atoms with Gasteiger partial charge in [-0.1, -0.05) is 12.1 Å². The minimum absolute atomic E-state index is 0.0484. The molecule has 1 fully saturated rings. The Balaban J connectivity index is 1.65. The molecule has 124 valence electrons. The molecule has 1 aliphatic heterocycles. The van der Waals surface area contributed by atoms with Gasteiger partial charge in [0.15, 0.2) is 9.84 Å². The third-order valence-corrected chi connectivity index (χ3v) is 5.06. The molecule has 2 heterocycles. The van der Waals surface area contributed by atoms with E-state index >= 15 is 0 Å². The number of nitrogens with one attached hydrogen (secondary N) is 1. The second kappa shape index (κ2) is 6.43. The van der Waals surface area contributed by atoms with Gasteiger partial charge in [-0.2, -0.15) is 0 Å². The standard InChI is InChI=1S/C16H21N3O3S/c1-12-9-17-16(18-12)15-11-19(7-8-22-15)10-13-3-5-14(6-4-13)23(2,20)21/h3-6,9,15H,7-8,10-11H2,1-2H3,(H,17,18)/t15-/m1/s1. The van der Waals surface area contributed by atoms with Crippen molar-refractivity contribution in [2.45, 2.75) is 24.5 Å². The van der Waals surface area contributed by atoms with E-state index in [1.165, 1.54) is 6.26 Å². The Kier molecular flexibility index (Phi) is 4.52. The number of hydrogen-bond acceptors (Lipinski definition) is 5. The van der Waals surface area contributed by atoms with Crippen LogP contribution in [-0.2, 0) is 21.1 Å². The lowest BCUT2D eigenvalue weighted by Crippen LogP contribution is -2.38. The molecule has 1 aromatic carbocycles. The molecule has 23 heavy (non-hydrogen) atoms. The summed E-state index contributed by atoms with van der Waals surface area (Å²) in [6.07, 6.45) is 2.98. The predicted molar refractivity (Wildman–Crippen MR) is 86.8 cm³/mol. The van der Waals surface area contributed by atoms with Crippen LogP contribution in [0.5, 0.6) is 0 Å². The third-order valence-electron chi connectivity index (χ3n) is 3.94. The van der Waals surface area contributed by atoms with Gasteiger partial charge in [0.05, 0.1) is 11.5 Å². The molecule has 1 N–H and O–H groups in total. The molecule has 0 radical (unpaired) electrons. The van der Waals surface area contributed by atoms with E-state index in [4.69, 9.17) is 4.74 Å². The van der Waals surface area contributed by atoms with Gasteiger partial charge in [0, 0.05) is 37.8 Å². The molecule has 0 aliphatic carbocycles. The van der Waals surface area contributed by atoms with Crippen molar-refractivity contribution in [2.24, 2.45) is 0 Å². The van der Waals surface area contributed by atoms with E-state index in [1.54, 1.807) is 12.1 Å². The van der Waals surface area contributed by atoms with Gasteiger partial charge < -0.3 is 9.72 Å². The lowest BCUT2D eigenvalue weighted by molar-refractivity contribution is -0.0368. The fourth-order valence-corrected chi connectivity index (χ4v) is 3.34. The van der Waals surface area contributed by atoms with E-state index in [9.17, 15) is 8.42 Å². The molecule has 6 nitrogen and oxygen atoms in total. The Hall–Kier alpha value is -1.70. The van der Waals surface area contributed by atoms with Crippen LogP contribution >= 0.6 is 0 Å². The van der Waals surface area contributed by atoms with Crippen LogP contribution in [0.3, 0.4) is 0 Å². The van der Waals surface area contributed by atoms with Crippen molar-refractivity contribution in [3.8, 4) is 0 Å². The molecular weight excluding hydrogens is 314 g/mol. The number of nitrogens with zero attached hydrogens (tertiary/aromatic N) is 2. The number of aromatic nitrogens is 2. The maximum absolute atomic E-state index is 11.5. The lowest BCUT2D eigenvalue weighted by atomic mass is 10.2. The number of aryl methyl sites for hydroxylation is 1. The highest BCUT2D eigenvalue weighted by atomic mass is 32.2. The quantitative estimate of drug-likeness (QED) is 0.920. The predicted octanol–water partition coefficient (Wildman–Crippen LogP) is 1.70. The smallest absolute Gasteiger partial charge is 0.175 e. The first-order valence-corrected chi connectivity index (χ1v) is 9.45. The maximum Gasteiger partial charge on any atom is 0.175 e. The SMILES string of the molecule is Cc1cnc([C@H]2CN(Cc3ccc(S(C)(=O)=O)cc3)CCO2)[nH]1. The van der Waals surface area contributed by atoms with Gasteiger partial charge in [0.2, 0.25) is 0 Å². The molecule has 0 spiro atoms. The topological polar surface area (TPSA) is 75.3 Å². The minimum atomic E-state index is -3.14. The molecule has 0 saturated carbocycles. The van der Waals surface area contributed by atoms with Crippen LogP contribution < -0.4 is 0 Å². The molecule has 3 rings (SSSR count). The van der Waals surface area contributed by atoms with Crippen molar-refractivity contribution in [3.63, 3.8) is 0 Å². The average Bonchev–Trinajstić information content (AvgIpc) is 2.94. The first-order valence-electron chi connectivity index (χ1n) is 7.56. The van der Waals surface area contributed by atoms with Gasteiger partial charge in [-0.15, -0.1) is 0 Å².